The largest absolute Gasteiger partial charge is 0.465 e. The van der Waals surface area contributed by atoms with Gasteiger partial charge in [-0.3, -0.25) is 0 Å². The number of hydrogen-bond donors (Lipinski definition) is 1. The molecule has 2 N–H and O–H groups in total. The summed E-state index contributed by atoms with van der Waals surface area (Å²) < 4.78 is 4.79. The van der Waals surface area contributed by atoms with Crippen LogP contribution in [0.4, 0.5) is 5.69 Å². The molecule has 104 valence electrons. The average molecular weight is 288 g/mol. The minimum atomic E-state index is -0.399. The number of rotatable bonds is 3. The van der Waals surface area contributed by atoms with Gasteiger partial charge in [0.25, 0.3) is 0 Å². The van der Waals surface area contributed by atoms with Crippen molar-refractivity contribution >= 4 is 23.4 Å². The number of esters is 1. The number of methoxy groups -OCH3 is 1. The van der Waals surface area contributed by atoms with Crippen LogP contribution in [0.5, 0.6) is 0 Å². The van der Waals surface area contributed by atoms with E-state index >= 15 is 0 Å². The van der Waals surface area contributed by atoms with Gasteiger partial charge >= 0.3 is 5.97 Å². The Kier molecular flexibility index (Phi) is 4.29. The third-order valence-electron chi connectivity index (χ3n) is 2.73. The SMILES string of the molecule is COC(=O)c1cccc(N)c1Sc1cc(C)cc(C)n1. The highest BCUT2D eigenvalue weighted by molar-refractivity contribution is 7.99. The van der Waals surface area contributed by atoms with Crippen molar-refractivity contribution in [3.8, 4) is 0 Å². The summed E-state index contributed by atoms with van der Waals surface area (Å²) in [7, 11) is 1.36. The first-order chi connectivity index (χ1) is 9.51. The van der Waals surface area contributed by atoms with Crippen molar-refractivity contribution in [1.29, 1.82) is 0 Å². The lowest BCUT2D eigenvalue weighted by atomic mass is 10.2. The number of carbonyl (C=O) groups is 1. The lowest BCUT2D eigenvalue weighted by Crippen LogP contribution is -2.05. The molecule has 1 aromatic heterocycles. The summed E-state index contributed by atoms with van der Waals surface area (Å²) in [5.41, 5.74) is 9.03. The maximum atomic E-state index is 11.8. The molecule has 1 heterocycles. The van der Waals surface area contributed by atoms with Crippen molar-refractivity contribution in [1.82, 2.24) is 4.98 Å². The van der Waals surface area contributed by atoms with Crippen LogP contribution in [0, 0.1) is 13.8 Å². The molecule has 0 radical (unpaired) electrons. The maximum absolute atomic E-state index is 11.8. The molecule has 1 aromatic carbocycles. The summed E-state index contributed by atoms with van der Waals surface area (Å²) in [5.74, 6) is -0.399. The van der Waals surface area contributed by atoms with Crippen molar-refractivity contribution in [2.75, 3.05) is 12.8 Å². The molecule has 0 aliphatic rings. The Morgan fingerprint density at radius 2 is 2.05 bits per heavy atom. The zero-order valence-electron chi connectivity index (χ0n) is 11.6. The normalized spacial score (nSPS) is 10.3. The number of aromatic nitrogens is 1. The van der Waals surface area contributed by atoms with Gasteiger partial charge < -0.3 is 10.5 Å². The van der Waals surface area contributed by atoms with E-state index in [1.54, 1.807) is 18.2 Å². The highest BCUT2D eigenvalue weighted by Gasteiger charge is 2.16. The second-order valence-corrected chi connectivity index (χ2v) is 5.47. The smallest absolute Gasteiger partial charge is 0.339 e. The molecule has 0 amide bonds. The van der Waals surface area contributed by atoms with E-state index in [4.69, 9.17) is 10.5 Å². The summed E-state index contributed by atoms with van der Waals surface area (Å²) in [6.45, 7) is 3.95. The van der Waals surface area contributed by atoms with Gasteiger partial charge in [0.05, 0.1) is 17.6 Å². The zero-order chi connectivity index (χ0) is 14.7. The number of ether oxygens (including phenoxy) is 1. The Bertz CT molecular complexity index is 636. The summed E-state index contributed by atoms with van der Waals surface area (Å²) in [6, 6.07) is 9.16. The molecule has 20 heavy (non-hydrogen) atoms. The van der Waals surface area contributed by atoms with Crippen molar-refractivity contribution in [2.45, 2.75) is 23.8 Å². The third-order valence-corrected chi connectivity index (χ3v) is 3.81. The number of nitrogen functional groups attached to an aromatic ring is 1. The van der Waals surface area contributed by atoms with Crippen LogP contribution in [-0.2, 0) is 4.74 Å². The highest BCUT2D eigenvalue weighted by Crippen LogP contribution is 2.34. The quantitative estimate of drug-likeness (QED) is 0.694. The van der Waals surface area contributed by atoms with Gasteiger partial charge in [-0.05, 0) is 43.7 Å². The van der Waals surface area contributed by atoms with Crippen LogP contribution >= 0.6 is 11.8 Å². The van der Waals surface area contributed by atoms with Gasteiger partial charge in [-0.25, -0.2) is 9.78 Å². The Morgan fingerprint density at radius 3 is 2.70 bits per heavy atom. The maximum Gasteiger partial charge on any atom is 0.339 e. The monoisotopic (exact) mass is 288 g/mol. The molecule has 0 saturated heterocycles. The number of pyridine rings is 1. The summed E-state index contributed by atoms with van der Waals surface area (Å²) in [5, 5.41) is 0.811. The number of anilines is 1. The van der Waals surface area contributed by atoms with Gasteiger partial charge in [0.2, 0.25) is 0 Å². The van der Waals surface area contributed by atoms with Gasteiger partial charge in [0.15, 0.2) is 0 Å². The lowest BCUT2D eigenvalue weighted by molar-refractivity contribution is 0.0597. The van der Waals surface area contributed by atoms with Crippen LogP contribution < -0.4 is 5.73 Å². The fraction of sp³-hybridized carbons (Fsp3) is 0.200. The predicted octanol–water partition coefficient (Wildman–Crippen LogP) is 3.22. The molecule has 0 unspecified atom stereocenters. The van der Waals surface area contributed by atoms with E-state index in [0.29, 0.717) is 16.1 Å². The molecule has 0 atom stereocenters. The number of carbonyl (C=O) groups excluding carboxylic acids is 1. The first-order valence-corrected chi connectivity index (χ1v) is 6.93. The van der Waals surface area contributed by atoms with Gasteiger partial charge in [0.1, 0.15) is 5.03 Å². The van der Waals surface area contributed by atoms with Crippen molar-refractivity contribution < 1.29 is 9.53 Å². The second-order valence-electron chi connectivity index (χ2n) is 4.44. The van der Waals surface area contributed by atoms with Crippen molar-refractivity contribution in [3.63, 3.8) is 0 Å². The minimum Gasteiger partial charge on any atom is -0.465 e. The molecular formula is C15H16N2O2S. The Balaban J connectivity index is 2.44. The highest BCUT2D eigenvalue weighted by atomic mass is 32.2. The van der Waals surface area contributed by atoms with Crippen LogP contribution in [0.3, 0.4) is 0 Å². The molecule has 0 bridgehead atoms. The average Bonchev–Trinajstić information content (AvgIpc) is 2.39. The first kappa shape index (κ1) is 14.4. The Hall–Kier alpha value is -2.01. The van der Waals surface area contributed by atoms with Crippen LogP contribution in [0.1, 0.15) is 21.6 Å². The topological polar surface area (TPSA) is 65.2 Å². The van der Waals surface area contributed by atoms with Gasteiger partial charge in [-0.2, -0.15) is 0 Å². The first-order valence-electron chi connectivity index (χ1n) is 6.11. The van der Waals surface area contributed by atoms with E-state index in [1.165, 1.54) is 18.9 Å². The molecule has 0 spiro atoms. The third kappa shape index (κ3) is 3.11. The van der Waals surface area contributed by atoms with Crippen molar-refractivity contribution in [3.05, 3.63) is 47.2 Å². The number of nitrogens with zero attached hydrogens (tertiary/aromatic N) is 1. The molecule has 0 fully saturated rings. The molecular weight excluding hydrogens is 272 g/mol. The Labute approximate surface area is 122 Å². The van der Waals surface area contributed by atoms with E-state index in [1.807, 2.05) is 26.0 Å². The summed E-state index contributed by atoms with van der Waals surface area (Å²) in [6.07, 6.45) is 0. The molecule has 5 heteroatoms. The zero-order valence-corrected chi connectivity index (χ0v) is 12.5. The van der Waals surface area contributed by atoms with Gasteiger partial charge in [-0.1, -0.05) is 17.8 Å². The fourth-order valence-electron chi connectivity index (χ4n) is 1.90. The van der Waals surface area contributed by atoms with Crippen LogP contribution in [-0.4, -0.2) is 18.1 Å². The van der Waals surface area contributed by atoms with E-state index in [9.17, 15) is 4.79 Å². The molecule has 0 aliphatic carbocycles. The summed E-state index contributed by atoms with van der Waals surface area (Å²) in [4.78, 5) is 16.9. The van der Waals surface area contributed by atoms with Gasteiger partial charge in [-0.15, -0.1) is 0 Å². The van der Waals surface area contributed by atoms with Crippen molar-refractivity contribution in [2.24, 2.45) is 0 Å². The minimum absolute atomic E-state index is 0.399. The van der Waals surface area contributed by atoms with Crippen LogP contribution in [0.25, 0.3) is 0 Å². The predicted molar refractivity (Wildman–Crippen MR) is 80.0 cm³/mol. The fourth-order valence-corrected chi connectivity index (χ4v) is 2.99. The van der Waals surface area contributed by atoms with Gasteiger partial charge in [0, 0.05) is 11.4 Å². The molecule has 4 nitrogen and oxygen atoms in total. The second kappa shape index (κ2) is 5.96. The van der Waals surface area contributed by atoms with E-state index in [-0.39, 0.29) is 0 Å². The lowest BCUT2D eigenvalue weighted by Gasteiger charge is -2.10. The Morgan fingerprint density at radius 1 is 1.30 bits per heavy atom. The number of hydrogen-bond acceptors (Lipinski definition) is 5. The van der Waals surface area contributed by atoms with Crippen LogP contribution in [0.15, 0.2) is 40.3 Å². The number of aryl methyl sites for hydroxylation is 2. The number of nitrogens with two attached hydrogens (primary N) is 1. The van der Waals surface area contributed by atoms with E-state index in [2.05, 4.69) is 4.98 Å². The molecule has 0 saturated carbocycles. The number of benzene rings is 1. The van der Waals surface area contributed by atoms with E-state index < -0.39 is 5.97 Å². The molecule has 2 aromatic rings. The molecule has 0 aliphatic heterocycles. The summed E-state index contributed by atoms with van der Waals surface area (Å²) >= 11 is 1.38. The van der Waals surface area contributed by atoms with E-state index in [0.717, 1.165) is 16.3 Å². The van der Waals surface area contributed by atoms with Crippen LogP contribution in [0.2, 0.25) is 0 Å². The molecule has 2 rings (SSSR count). The standard InChI is InChI=1S/C15H16N2O2S/c1-9-7-10(2)17-13(8-9)20-14-11(15(18)19-3)5-4-6-12(14)16/h4-8H,16H2,1-3H3.